The minimum absolute atomic E-state index is 0.00676. The molecule has 0 amide bonds. The fraction of sp³-hybridized carbons (Fsp3) is 0.500. The summed E-state index contributed by atoms with van der Waals surface area (Å²) in [5.74, 6) is 0.216. The zero-order valence-electron chi connectivity index (χ0n) is 9.20. The van der Waals surface area contributed by atoms with Crippen molar-refractivity contribution < 1.29 is 13.2 Å². The molecule has 0 aliphatic heterocycles. The Morgan fingerprint density at radius 1 is 1.41 bits per heavy atom. The van der Waals surface area contributed by atoms with Gasteiger partial charge in [-0.15, -0.1) is 11.3 Å². The molecule has 1 aromatic rings. The molecule has 0 radical (unpaired) electrons. The largest absolute Gasteiger partial charge is 0.293 e. The van der Waals surface area contributed by atoms with Crippen LogP contribution < -0.4 is 0 Å². The lowest BCUT2D eigenvalue weighted by atomic mass is 10.2. The van der Waals surface area contributed by atoms with E-state index < -0.39 is 9.84 Å². The summed E-state index contributed by atoms with van der Waals surface area (Å²) in [5, 5.41) is 0. The number of halogens is 2. The Bertz CT molecular complexity index is 486. The minimum Gasteiger partial charge on any atom is -0.293 e. The monoisotopic (exact) mass is 402 g/mol. The topological polar surface area (TPSA) is 51.2 Å². The number of sulfone groups is 1. The van der Waals surface area contributed by atoms with E-state index in [-0.39, 0.29) is 23.7 Å². The van der Waals surface area contributed by atoms with E-state index >= 15 is 0 Å². The smallest absolute Gasteiger partial charge is 0.172 e. The van der Waals surface area contributed by atoms with Crippen LogP contribution in [0.5, 0.6) is 0 Å². The molecule has 0 atom stereocenters. The van der Waals surface area contributed by atoms with E-state index in [9.17, 15) is 13.2 Å². The quantitative estimate of drug-likeness (QED) is 0.680. The van der Waals surface area contributed by atoms with Gasteiger partial charge < -0.3 is 0 Å². The number of hydrogen-bond acceptors (Lipinski definition) is 4. The molecule has 3 nitrogen and oxygen atoms in total. The van der Waals surface area contributed by atoms with Crippen molar-refractivity contribution in [2.45, 2.75) is 19.8 Å². The van der Waals surface area contributed by atoms with Gasteiger partial charge in [-0.1, -0.05) is 6.92 Å². The highest BCUT2D eigenvalue weighted by molar-refractivity contribution is 9.13. The third-order valence-corrected chi connectivity index (χ3v) is 7.31. The van der Waals surface area contributed by atoms with Crippen LogP contribution in [0.15, 0.2) is 14.3 Å². The highest BCUT2D eigenvalue weighted by atomic mass is 79.9. The predicted octanol–water partition coefficient (Wildman–Crippen LogP) is 3.67. The van der Waals surface area contributed by atoms with Gasteiger partial charge in [-0.25, -0.2) is 8.42 Å². The first-order valence-electron chi connectivity index (χ1n) is 5.04. The van der Waals surface area contributed by atoms with E-state index in [0.29, 0.717) is 11.3 Å². The lowest BCUT2D eigenvalue weighted by Crippen LogP contribution is -2.10. The molecular weight excluding hydrogens is 392 g/mol. The zero-order chi connectivity index (χ0) is 13.1. The molecule has 1 rings (SSSR count). The number of rotatable bonds is 6. The van der Waals surface area contributed by atoms with Crippen molar-refractivity contribution >= 4 is 58.8 Å². The van der Waals surface area contributed by atoms with Gasteiger partial charge in [0.2, 0.25) is 0 Å². The van der Waals surface area contributed by atoms with E-state index in [1.54, 1.807) is 13.0 Å². The molecule has 7 heteroatoms. The second-order valence-corrected chi connectivity index (χ2v) is 9.19. The van der Waals surface area contributed by atoms with Crippen LogP contribution >= 0.6 is 43.2 Å². The van der Waals surface area contributed by atoms with Crippen molar-refractivity contribution in [2.75, 3.05) is 11.5 Å². The van der Waals surface area contributed by atoms with Gasteiger partial charge in [-0.3, -0.25) is 4.79 Å². The molecule has 0 saturated carbocycles. The summed E-state index contributed by atoms with van der Waals surface area (Å²) in [6.45, 7) is 1.62. The van der Waals surface area contributed by atoms with Crippen LogP contribution in [0.3, 0.4) is 0 Å². The minimum atomic E-state index is -2.97. The summed E-state index contributed by atoms with van der Waals surface area (Å²) in [5.41, 5.74) is 0. The van der Waals surface area contributed by atoms with Gasteiger partial charge in [0.05, 0.1) is 14.4 Å². The van der Waals surface area contributed by atoms with Gasteiger partial charge >= 0.3 is 0 Å². The fourth-order valence-corrected chi connectivity index (χ4v) is 4.08. The molecule has 1 heterocycles. The van der Waals surface area contributed by atoms with Crippen molar-refractivity contribution in [2.24, 2.45) is 0 Å². The van der Waals surface area contributed by atoms with Crippen molar-refractivity contribution in [3.8, 4) is 0 Å². The molecule has 0 aliphatic rings. The lowest BCUT2D eigenvalue weighted by molar-refractivity contribution is 0.0986. The summed E-state index contributed by atoms with van der Waals surface area (Å²) in [7, 11) is -2.97. The molecule has 0 saturated heterocycles. The predicted molar refractivity (Wildman–Crippen MR) is 77.6 cm³/mol. The molecular formula is C10H12Br2O3S2. The molecule has 0 aromatic carbocycles. The maximum Gasteiger partial charge on any atom is 0.172 e. The third-order valence-electron chi connectivity index (χ3n) is 2.22. The van der Waals surface area contributed by atoms with Gasteiger partial charge in [0.25, 0.3) is 0 Å². The average Bonchev–Trinajstić information content (AvgIpc) is 2.59. The molecule has 96 valence electrons. The number of carbonyl (C=O) groups is 1. The Labute approximate surface area is 122 Å². The van der Waals surface area contributed by atoms with Gasteiger partial charge in [-0.05, 0) is 44.3 Å². The van der Waals surface area contributed by atoms with Gasteiger partial charge in [-0.2, -0.15) is 0 Å². The second-order valence-electron chi connectivity index (χ2n) is 3.50. The summed E-state index contributed by atoms with van der Waals surface area (Å²) in [6, 6.07) is 1.76. The Morgan fingerprint density at radius 2 is 2.06 bits per heavy atom. The maximum absolute atomic E-state index is 11.8. The van der Waals surface area contributed by atoms with Crippen LogP contribution in [-0.2, 0) is 9.84 Å². The maximum atomic E-state index is 11.8. The van der Waals surface area contributed by atoms with E-state index in [0.717, 1.165) is 8.26 Å². The molecule has 0 spiro atoms. The average molecular weight is 404 g/mol. The first-order chi connectivity index (χ1) is 7.85. The number of ketones is 1. The highest BCUT2D eigenvalue weighted by Crippen LogP contribution is 2.33. The standard InChI is InChI=1S/C10H12Br2O3S2/c1-2-17(14,15)5-3-4-8(13)9-6-7(11)10(12)16-9/h6H,2-5H2,1H3. The van der Waals surface area contributed by atoms with E-state index in [4.69, 9.17) is 0 Å². The van der Waals surface area contributed by atoms with Gasteiger partial charge in [0.1, 0.15) is 9.84 Å². The fourth-order valence-electron chi connectivity index (χ4n) is 1.20. The van der Waals surface area contributed by atoms with E-state index in [2.05, 4.69) is 31.9 Å². The third kappa shape index (κ3) is 4.81. The molecule has 0 bridgehead atoms. The summed E-state index contributed by atoms with van der Waals surface area (Å²) in [4.78, 5) is 12.4. The SMILES string of the molecule is CCS(=O)(=O)CCCC(=O)c1cc(Br)c(Br)s1. The van der Waals surface area contributed by atoms with Crippen molar-refractivity contribution in [1.82, 2.24) is 0 Å². The molecule has 0 aliphatic carbocycles. The Hall–Kier alpha value is 0.280. The lowest BCUT2D eigenvalue weighted by Gasteiger charge is -1.99. The zero-order valence-corrected chi connectivity index (χ0v) is 14.0. The normalized spacial score (nSPS) is 11.7. The van der Waals surface area contributed by atoms with Crippen LogP contribution in [0.2, 0.25) is 0 Å². The second kappa shape index (κ2) is 6.45. The Kier molecular flexibility index (Phi) is 5.82. The first-order valence-corrected chi connectivity index (χ1v) is 9.26. The van der Waals surface area contributed by atoms with E-state index in [1.807, 2.05) is 0 Å². The van der Waals surface area contributed by atoms with E-state index in [1.165, 1.54) is 11.3 Å². The highest BCUT2D eigenvalue weighted by Gasteiger charge is 2.13. The number of thiophene rings is 1. The van der Waals surface area contributed by atoms with Crippen LogP contribution in [0, 0.1) is 0 Å². The van der Waals surface area contributed by atoms with Crippen molar-refractivity contribution in [3.05, 3.63) is 19.2 Å². The van der Waals surface area contributed by atoms with Crippen LogP contribution in [0.1, 0.15) is 29.4 Å². The van der Waals surface area contributed by atoms with Crippen molar-refractivity contribution in [1.29, 1.82) is 0 Å². The molecule has 17 heavy (non-hydrogen) atoms. The van der Waals surface area contributed by atoms with Gasteiger partial charge in [0.15, 0.2) is 5.78 Å². The molecule has 0 fully saturated rings. The Balaban J connectivity index is 2.51. The molecule has 1 aromatic heterocycles. The molecule has 0 unspecified atom stereocenters. The first kappa shape index (κ1) is 15.3. The Morgan fingerprint density at radius 3 is 2.53 bits per heavy atom. The summed E-state index contributed by atoms with van der Waals surface area (Å²) >= 11 is 7.99. The summed E-state index contributed by atoms with van der Waals surface area (Å²) in [6.07, 6.45) is 0.667. The van der Waals surface area contributed by atoms with Gasteiger partial charge in [0, 0.05) is 16.6 Å². The number of hydrogen-bond donors (Lipinski definition) is 0. The molecule has 0 N–H and O–H groups in total. The summed E-state index contributed by atoms with van der Waals surface area (Å²) < 4.78 is 24.2. The van der Waals surface area contributed by atoms with Crippen LogP contribution in [0.25, 0.3) is 0 Å². The van der Waals surface area contributed by atoms with Crippen LogP contribution in [0.4, 0.5) is 0 Å². The number of carbonyl (C=O) groups excluding carboxylic acids is 1. The number of Topliss-reactive ketones (excluding diaryl/α,β-unsaturated/α-hetero) is 1. The van der Waals surface area contributed by atoms with Crippen molar-refractivity contribution in [3.63, 3.8) is 0 Å². The van der Waals surface area contributed by atoms with Crippen LogP contribution in [-0.4, -0.2) is 25.7 Å².